The highest BCUT2D eigenvalue weighted by Crippen LogP contribution is 2.19. The van der Waals surface area contributed by atoms with Crippen LogP contribution in [0.5, 0.6) is 0 Å². The fourth-order valence-electron chi connectivity index (χ4n) is 2.68. The van der Waals surface area contributed by atoms with E-state index < -0.39 is 10.0 Å². The number of sulfonamides is 1. The van der Waals surface area contributed by atoms with E-state index in [0.29, 0.717) is 25.3 Å². The normalized spacial score (nSPS) is 15.6. The average molecular weight is 377 g/mol. The zero-order valence-electron chi connectivity index (χ0n) is 14.0. The molecule has 1 N–H and O–H groups in total. The van der Waals surface area contributed by atoms with E-state index in [2.05, 4.69) is 5.32 Å². The highest BCUT2D eigenvalue weighted by Gasteiger charge is 2.28. The molecule has 0 bridgehead atoms. The number of furan rings is 1. The van der Waals surface area contributed by atoms with Gasteiger partial charge >= 0.3 is 0 Å². The minimum atomic E-state index is -3.72. The lowest BCUT2D eigenvalue weighted by Crippen LogP contribution is -2.48. The molecule has 1 aromatic carbocycles. The van der Waals surface area contributed by atoms with Gasteiger partial charge in [0, 0.05) is 31.7 Å². The van der Waals surface area contributed by atoms with Crippen molar-refractivity contribution in [3.8, 4) is 0 Å². The van der Waals surface area contributed by atoms with E-state index in [-0.39, 0.29) is 36.0 Å². The Bertz CT molecular complexity index is 872. The molecule has 1 aliphatic rings. The Kier molecular flexibility index (Phi) is 5.38. The van der Waals surface area contributed by atoms with Crippen LogP contribution in [0, 0.1) is 0 Å². The monoisotopic (exact) mass is 377 g/mol. The quantitative estimate of drug-likeness (QED) is 0.746. The molecule has 1 saturated heterocycles. The second-order valence-corrected chi connectivity index (χ2v) is 7.77. The van der Waals surface area contributed by atoms with Crippen LogP contribution in [0.25, 0.3) is 0 Å². The van der Waals surface area contributed by atoms with Gasteiger partial charge in [-0.1, -0.05) is 6.07 Å². The van der Waals surface area contributed by atoms with Crippen LogP contribution in [0.15, 0.2) is 52.0 Å². The predicted molar refractivity (Wildman–Crippen MR) is 92.7 cm³/mol. The summed E-state index contributed by atoms with van der Waals surface area (Å²) in [7, 11) is -3.72. The summed E-state index contributed by atoms with van der Waals surface area (Å²) in [6.07, 6.45) is 2.23. The highest BCUT2D eigenvalue weighted by atomic mass is 32.2. The minimum Gasteiger partial charge on any atom is -0.467 e. The Balaban J connectivity index is 1.71. The Morgan fingerprint density at radius 1 is 1.15 bits per heavy atom. The number of nitrogens with zero attached hydrogens (tertiary/aromatic N) is 2. The van der Waals surface area contributed by atoms with Crippen molar-refractivity contribution in [3.05, 3.63) is 54.0 Å². The molecule has 1 aromatic heterocycles. The number of benzene rings is 1. The first kappa shape index (κ1) is 18.2. The molecule has 2 aromatic rings. The van der Waals surface area contributed by atoms with Gasteiger partial charge in [-0.15, -0.1) is 0 Å². The maximum atomic E-state index is 12.8. The van der Waals surface area contributed by atoms with E-state index in [0.717, 1.165) is 0 Å². The molecule has 0 aliphatic carbocycles. The van der Waals surface area contributed by atoms with Gasteiger partial charge in [-0.3, -0.25) is 9.59 Å². The lowest BCUT2D eigenvalue weighted by atomic mass is 10.2. The molecule has 0 radical (unpaired) electrons. The number of hydrogen-bond donors (Lipinski definition) is 1. The molecule has 0 unspecified atom stereocenters. The van der Waals surface area contributed by atoms with Crippen molar-refractivity contribution in [2.75, 3.05) is 26.2 Å². The summed E-state index contributed by atoms with van der Waals surface area (Å²) in [5.41, 5.74) is 0.254. The minimum absolute atomic E-state index is 0.0581. The molecule has 138 valence electrons. The second-order valence-electron chi connectivity index (χ2n) is 5.84. The molecule has 1 aliphatic heterocycles. The first-order valence-corrected chi connectivity index (χ1v) is 9.55. The molecule has 0 saturated carbocycles. The number of piperazine rings is 1. The maximum Gasteiger partial charge on any atom is 0.251 e. The summed E-state index contributed by atoms with van der Waals surface area (Å²) in [4.78, 5) is 24.6. The Hall–Kier alpha value is -2.65. The zero-order valence-corrected chi connectivity index (χ0v) is 14.8. The number of hydrogen-bond acceptors (Lipinski definition) is 5. The summed E-state index contributed by atoms with van der Waals surface area (Å²) in [5.74, 6) is 0.222. The van der Waals surface area contributed by atoms with Gasteiger partial charge in [0.1, 0.15) is 5.76 Å². The molecule has 3 rings (SSSR count). The zero-order chi connectivity index (χ0) is 18.6. The number of nitrogens with one attached hydrogen (secondary N) is 1. The van der Waals surface area contributed by atoms with Gasteiger partial charge in [-0.2, -0.15) is 4.31 Å². The molecule has 2 heterocycles. The van der Waals surface area contributed by atoms with Gasteiger partial charge in [0.05, 0.1) is 17.7 Å². The van der Waals surface area contributed by atoms with Crippen LogP contribution in [0.1, 0.15) is 16.1 Å². The van der Waals surface area contributed by atoms with Crippen molar-refractivity contribution in [1.82, 2.24) is 14.5 Å². The summed E-state index contributed by atoms with van der Waals surface area (Å²) in [5, 5.41) is 2.69. The standard InChI is InChI=1S/C17H19N3O5S/c21-13-19-6-8-20(9-7-19)26(23,24)16-5-1-3-14(11-16)17(22)18-12-15-4-2-10-25-15/h1-5,10-11,13H,6-9,12H2,(H,18,22). The Morgan fingerprint density at radius 3 is 2.58 bits per heavy atom. The molecule has 26 heavy (non-hydrogen) atoms. The van der Waals surface area contributed by atoms with Crippen molar-refractivity contribution in [1.29, 1.82) is 0 Å². The van der Waals surface area contributed by atoms with E-state index in [1.165, 1.54) is 33.7 Å². The van der Waals surface area contributed by atoms with Crippen molar-refractivity contribution in [2.24, 2.45) is 0 Å². The number of carbonyl (C=O) groups excluding carboxylic acids is 2. The lowest BCUT2D eigenvalue weighted by Gasteiger charge is -2.31. The first-order valence-electron chi connectivity index (χ1n) is 8.11. The predicted octanol–water partition coefficient (Wildman–Crippen LogP) is 0.672. The molecular formula is C17H19N3O5S. The molecule has 1 fully saturated rings. The van der Waals surface area contributed by atoms with Gasteiger partial charge in [-0.05, 0) is 30.3 Å². The summed E-state index contributed by atoms with van der Waals surface area (Å²) in [6, 6.07) is 9.38. The van der Waals surface area contributed by atoms with Crippen molar-refractivity contribution < 1.29 is 22.4 Å². The molecular weight excluding hydrogens is 358 g/mol. The smallest absolute Gasteiger partial charge is 0.251 e. The van der Waals surface area contributed by atoms with Gasteiger partial charge in [0.2, 0.25) is 16.4 Å². The van der Waals surface area contributed by atoms with Crippen molar-refractivity contribution >= 4 is 22.3 Å². The van der Waals surface area contributed by atoms with Gasteiger partial charge in [0.15, 0.2) is 0 Å². The van der Waals surface area contributed by atoms with E-state index in [1.54, 1.807) is 18.2 Å². The van der Waals surface area contributed by atoms with E-state index in [1.807, 2.05) is 0 Å². The van der Waals surface area contributed by atoms with E-state index in [4.69, 9.17) is 4.42 Å². The summed E-state index contributed by atoms with van der Waals surface area (Å²) < 4.78 is 32.0. The van der Waals surface area contributed by atoms with Crippen LogP contribution < -0.4 is 5.32 Å². The van der Waals surface area contributed by atoms with Gasteiger partial charge in [0.25, 0.3) is 5.91 Å². The van der Waals surface area contributed by atoms with Crippen LogP contribution in [0.2, 0.25) is 0 Å². The Morgan fingerprint density at radius 2 is 1.92 bits per heavy atom. The van der Waals surface area contributed by atoms with Crippen molar-refractivity contribution in [2.45, 2.75) is 11.4 Å². The third-order valence-corrected chi connectivity index (χ3v) is 6.05. The Labute approximate surface area is 151 Å². The topological polar surface area (TPSA) is 99.9 Å². The largest absolute Gasteiger partial charge is 0.467 e. The highest BCUT2D eigenvalue weighted by molar-refractivity contribution is 7.89. The van der Waals surface area contributed by atoms with Gasteiger partial charge in [-0.25, -0.2) is 8.42 Å². The summed E-state index contributed by atoms with van der Waals surface area (Å²) >= 11 is 0. The molecule has 0 spiro atoms. The van der Waals surface area contributed by atoms with Crippen LogP contribution in [-0.4, -0.2) is 56.1 Å². The van der Waals surface area contributed by atoms with Gasteiger partial charge < -0.3 is 14.6 Å². The number of rotatable bonds is 6. The molecule has 2 amide bonds. The van der Waals surface area contributed by atoms with Crippen LogP contribution in [-0.2, 0) is 21.4 Å². The van der Waals surface area contributed by atoms with E-state index >= 15 is 0 Å². The van der Waals surface area contributed by atoms with E-state index in [9.17, 15) is 18.0 Å². The lowest BCUT2D eigenvalue weighted by molar-refractivity contribution is -0.119. The van der Waals surface area contributed by atoms with Crippen molar-refractivity contribution in [3.63, 3.8) is 0 Å². The molecule has 8 nitrogen and oxygen atoms in total. The molecule has 9 heteroatoms. The molecule has 0 atom stereocenters. The fourth-order valence-corrected chi connectivity index (χ4v) is 4.15. The average Bonchev–Trinajstić information content (AvgIpc) is 3.20. The number of amides is 2. The van der Waals surface area contributed by atoms with Crippen LogP contribution in [0.3, 0.4) is 0 Å². The summed E-state index contributed by atoms with van der Waals surface area (Å²) in [6.45, 7) is 1.39. The van der Waals surface area contributed by atoms with Crippen LogP contribution >= 0.6 is 0 Å². The maximum absolute atomic E-state index is 12.8. The first-order chi connectivity index (χ1) is 12.5. The number of carbonyl (C=O) groups is 2. The second kappa shape index (κ2) is 7.71. The third kappa shape index (κ3) is 3.94. The van der Waals surface area contributed by atoms with Crippen LogP contribution in [0.4, 0.5) is 0 Å². The third-order valence-electron chi connectivity index (χ3n) is 4.16. The fraction of sp³-hybridized carbons (Fsp3) is 0.294. The SMILES string of the molecule is O=CN1CCN(S(=O)(=O)c2cccc(C(=O)NCc3ccco3)c2)CC1.